The van der Waals surface area contributed by atoms with E-state index >= 15 is 0 Å². The molecule has 0 aliphatic rings. The van der Waals surface area contributed by atoms with Crippen LogP contribution >= 0.6 is 11.3 Å². The normalized spacial score (nSPS) is 10.0. The summed E-state index contributed by atoms with van der Waals surface area (Å²) in [5.41, 5.74) is 1.11. The van der Waals surface area contributed by atoms with Gasteiger partial charge in [-0.2, -0.15) is 0 Å². The molecule has 0 unspecified atom stereocenters. The zero-order valence-corrected chi connectivity index (χ0v) is 13.9. The molecule has 0 fully saturated rings. The number of hydrogen-bond donors (Lipinski definition) is 3. The second-order valence-corrected chi connectivity index (χ2v) is 5.96. The van der Waals surface area contributed by atoms with E-state index in [0.29, 0.717) is 11.6 Å². The number of carbonyl (C=O) groups is 3. The van der Waals surface area contributed by atoms with Gasteiger partial charge in [0.2, 0.25) is 22.9 Å². The van der Waals surface area contributed by atoms with E-state index in [1.54, 1.807) is 0 Å². The summed E-state index contributed by atoms with van der Waals surface area (Å²) < 4.78 is 0. The van der Waals surface area contributed by atoms with Crippen molar-refractivity contribution in [2.75, 3.05) is 18.4 Å². The van der Waals surface area contributed by atoms with Crippen LogP contribution in [0.15, 0.2) is 30.3 Å². The molecule has 0 aliphatic heterocycles. The van der Waals surface area contributed by atoms with Crippen LogP contribution in [0.25, 0.3) is 0 Å². The Morgan fingerprint density at radius 3 is 2.42 bits per heavy atom. The third-order valence-electron chi connectivity index (χ3n) is 2.86. The van der Waals surface area contributed by atoms with Gasteiger partial charge in [-0.1, -0.05) is 41.7 Å². The maximum atomic E-state index is 11.7. The molecule has 1 heterocycles. The lowest BCUT2D eigenvalue weighted by atomic mass is 10.2. The lowest BCUT2D eigenvalue weighted by Gasteiger charge is -2.04. The molecule has 1 aromatic heterocycles. The van der Waals surface area contributed by atoms with Gasteiger partial charge in [-0.3, -0.25) is 19.7 Å². The first-order chi connectivity index (χ1) is 11.5. The van der Waals surface area contributed by atoms with Crippen molar-refractivity contribution < 1.29 is 14.4 Å². The minimum absolute atomic E-state index is 0.164. The Kier molecular flexibility index (Phi) is 6.38. The standard InChI is InChI=1S/C15H17N5O3S/c1-10(21)16-8-12(22)17-9-13(23)18-15-20-19-14(24-15)7-11-5-3-2-4-6-11/h2-6H,7-9H2,1H3,(H,16,21)(H,17,22)(H,18,20,23). The van der Waals surface area contributed by atoms with Crippen LogP contribution < -0.4 is 16.0 Å². The molecule has 0 spiro atoms. The maximum Gasteiger partial charge on any atom is 0.245 e. The number of benzene rings is 1. The van der Waals surface area contributed by atoms with Gasteiger partial charge in [0.25, 0.3) is 0 Å². The van der Waals surface area contributed by atoms with Gasteiger partial charge in [0, 0.05) is 13.3 Å². The number of nitrogens with zero attached hydrogens (tertiary/aromatic N) is 2. The molecule has 0 bridgehead atoms. The quantitative estimate of drug-likeness (QED) is 0.667. The van der Waals surface area contributed by atoms with E-state index in [1.807, 2.05) is 30.3 Å². The fourth-order valence-electron chi connectivity index (χ4n) is 1.76. The van der Waals surface area contributed by atoms with Crippen molar-refractivity contribution in [3.05, 3.63) is 40.9 Å². The molecule has 3 amide bonds. The second kappa shape index (κ2) is 8.73. The predicted octanol–water partition coefficient (Wildman–Crippen LogP) is 0.320. The Morgan fingerprint density at radius 1 is 1.00 bits per heavy atom. The summed E-state index contributed by atoms with van der Waals surface area (Å²) in [6, 6.07) is 9.81. The molecule has 8 nitrogen and oxygen atoms in total. The van der Waals surface area contributed by atoms with Gasteiger partial charge in [0.15, 0.2) is 0 Å². The first kappa shape index (κ1) is 17.5. The molecule has 2 aromatic rings. The van der Waals surface area contributed by atoms with E-state index in [0.717, 1.165) is 10.6 Å². The van der Waals surface area contributed by atoms with Gasteiger partial charge in [-0.25, -0.2) is 0 Å². The first-order valence-corrected chi connectivity index (χ1v) is 8.02. The van der Waals surface area contributed by atoms with Crippen molar-refractivity contribution in [1.29, 1.82) is 0 Å². The highest BCUT2D eigenvalue weighted by molar-refractivity contribution is 7.15. The topological polar surface area (TPSA) is 113 Å². The second-order valence-electron chi connectivity index (χ2n) is 4.90. The summed E-state index contributed by atoms with van der Waals surface area (Å²) in [6.45, 7) is 0.942. The number of amides is 3. The molecule has 126 valence electrons. The summed E-state index contributed by atoms with van der Waals surface area (Å²) in [7, 11) is 0. The smallest absolute Gasteiger partial charge is 0.245 e. The number of rotatable bonds is 7. The molecule has 1 aromatic carbocycles. The molecular formula is C15H17N5O3S. The van der Waals surface area contributed by atoms with Crippen LogP contribution in [0, 0.1) is 0 Å². The molecule has 3 N–H and O–H groups in total. The van der Waals surface area contributed by atoms with Crippen molar-refractivity contribution >= 4 is 34.2 Å². The van der Waals surface area contributed by atoms with Gasteiger partial charge >= 0.3 is 0 Å². The molecule has 0 aliphatic carbocycles. The highest BCUT2D eigenvalue weighted by Gasteiger charge is 2.10. The van der Waals surface area contributed by atoms with Crippen molar-refractivity contribution in [2.45, 2.75) is 13.3 Å². The van der Waals surface area contributed by atoms with Crippen LogP contribution in [0.2, 0.25) is 0 Å². The van der Waals surface area contributed by atoms with Crippen molar-refractivity contribution in [1.82, 2.24) is 20.8 Å². The van der Waals surface area contributed by atoms with E-state index in [4.69, 9.17) is 0 Å². The molecule has 9 heteroatoms. The summed E-state index contributed by atoms with van der Waals surface area (Å²) in [5.74, 6) is -1.16. The number of carbonyl (C=O) groups excluding carboxylic acids is 3. The van der Waals surface area contributed by atoms with Crippen LogP contribution in [-0.2, 0) is 20.8 Å². The SMILES string of the molecule is CC(=O)NCC(=O)NCC(=O)Nc1nnc(Cc2ccccc2)s1. The summed E-state index contributed by atoms with van der Waals surface area (Å²) >= 11 is 1.28. The van der Waals surface area contributed by atoms with Crippen LogP contribution in [0.4, 0.5) is 5.13 Å². The summed E-state index contributed by atoms with van der Waals surface area (Å²) in [6.07, 6.45) is 0.641. The monoisotopic (exact) mass is 347 g/mol. The van der Waals surface area contributed by atoms with Crippen molar-refractivity contribution in [3.8, 4) is 0 Å². The Balaban J connectivity index is 1.76. The first-order valence-electron chi connectivity index (χ1n) is 7.20. The average Bonchev–Trinajstić information content (AvgIpc) is 2.98. The summed E-state index contributed by atoms with van der Waals surface area (Å²) in [4.78, 5) is 33.8. The van der Waals surface area contributed by atoms with Crippen LogP contribution in [0.3, 0.4) is 0 Å². The van der Waals surface area contributed by atoms with Gasteiger partial charge < -0.3 is 10.6 Å². The maximum absolute atomic E-state index is 11.7. The van der Waals surface area contributed by atoms with Gasteiger partial charge in [0.1, 0.15) is 5.01 Å². The lowest BCUT2D eigenvalue weighted by molar-refractivity contribution is -0.126. The lowest BCUT2D eigenvalue weighted by Crippen LogP contribution is -2.39. The molecule has 0 saturated carbocycles. The minimum atomic E-state index is -0.442. The summed E-state index contributed by atoms with van der Waals surface area (Å²) in [5, 5.41) is 16.4. The van der Waals surface area contributed by atoms with Crippen LogP contribution in [-0.4, -0.2) is 41.0 Å². The fourth-order valence-corrected chi connectivity index (χ4v) is 2.55. The fraction of sp³-hybridized carbons (Fsp3) is 0.267. The third-order valence-corrected chi connectivity index (χ3v) is 3.69. The highest BCUT2D eigenvalue weighted by Crippen LogP contribution is 2.18. The molecule has 0 atom stereocenters. The minimum Gasteiger partial charge on any atom is -0.347 e. The predicted molar refractivity (Wildman–Crippen MR) is 89.5 cm³/mol. The van der Waals surface area contributed by atoms with Gasteiger partial charge in [-0.15, -0.1) is 10.2 Å². The van der Waals surface area contributed by atoms with E-state index in [2.05, 4.69) is 26.1 Å². The Hall–Kier alpha value is -2.81. The zero-order valence-electron chi connectivity index (χ0n) is 13.0. The van der Waals surface area contributed by atoms with Crippen LogP contribution in [0.5, 0.6) is 0 Å². The molecule has 0 saturated heterocycles. The average molecular weight is 347 g/mol. The van der Waals surface area contributed by atoms with Crippen molar-refractivity contribution in [3.63, 3.8) is 0 Å². The zero-order chi connectivity index (χ0) is 17.4. The van der Waals surface area contributed by atoms with E-state index in [-0.39, 0.29) is 19.0 Å². The number of aromatic nitrogens is 2. The molecule has 0 radical (unpaired) electrons. The van der Waals surface area contributed by atoms with E-state index in [9.17, 15) is 14.4 Å². The Labute approximate surface area is 142 Å². The Bertz CT molecular complexity index is 717. The molecule has 2 rings (SSSR count). The number of nitrogens with one attached hydrogen (secondary N) is 3. The van der Waals surface area contributed by atoms with Gasteiger partial charge in [0.05, 0.1) is 13.1 Å². The van der Waals surface area contributed by atoms with Crippen LogP contribution in [0.1, 0.15) is 17.5 Å². The van der Waals surface area contributed by atoms with Crippen molar-refractivity contribution in [2.24, 2.45) is 0 Å². The van der Waals surface area contributed by atoms with E-state index < -0.39 is 11.8 Å². The number of anilines is 1. The van der Waals surface area contributed by atoms with E-state index in [1.165, 1.54) is 18.3 Å². The third kappa shape index (κ3) is 6.13. The van der Waals surface area contributed by atoms with Gasteiger partial charge in [-0.05, 0) is 5.56 Å². The Morgan fingerprint density at radius 2 is 1.71 bits per heavy atom. The molecule has 24 heavy (non-hydrogen) atoms. The molecular weight excluding hydrogens is 330 g/mol. The highest BCUT2D eigenvalue weighted by atomic mass is 32.1. The number of hydrogen-bond acceptors (Lipinski definition) is 6. The largest absolute Gasteiger partial charge is 0.347 e.